The number of methoxy groups -OCH3 is 1. The Kier molecular flexibility index (Phi) is 4.91. The summed E-state index contributed by atoms with van der Waals surface area (Å²) in [6, 6.07) is 7.99. The number of carbonyl (C=O) groups is 4. The molecule has 1 saturated heterocycles. The molecule has 4 rings (SSSR count). The van der Waals surface area contributed by atoms with Gasteiger partial charge in [-0.1, -0.05) is 18.2 Å². The number of para-hydroxylation sites is 1. The summed E-state index contributed by atoms with van der Waals surface area (Å²) in [7, 11) is 1.22. The van der Waals surface area contributed by atoms with Crippen molar-refractivity contribution in [1.29, 1.82) is 0 Å². The van der Waals surface area contributed by atoms with Crippen LogP contribution >= 0.6 is 11.8 Å². The molecular formula is C20H18N2O6S. The van der Waals surface area contributed by atoms with Crippen molar-refractivity contribution in [2.45, 2.75) is 23.6 Å². The molecule has 150 valence electrons. The van der Waals surface area contributed by atoms with Gasteiger partial charge in [0.2, 0.25) is 0 Å². The second-order valence-electron chi connectivity index (χ2n) is 6.75. The first-order chi connectivity index (χ1) is 13.9. The van der Waals surface area contributed by atoms with Gasteiger partial charge in [-0.05, 0) is 30.7 Å². The maximum absolute atomic E-state index is 12.7. The summed E-state index contributed by atoms with van der Waals surface area (Å²) in [6.07, 6.45) is 1.62. The standard InChI is InChI=1S/C20H18N2O6S/c1-10-8-12-15(20(26)27-2)22-18(25)14(19(22)29-17(12)16(10)24)21-13(23)9-28-11-6-4-3-5-7-11/h3-8,14,17,19H,9H2,1-2H3,(H,21,23)/t14-,17-,19-/m1/s1. The fourth-order valence-electron chi connectivity index (χ4n) is 3.50. The number of nitrogens with zero attached hydrogens (tertiary/aromatic N) is 1. The van der Waals surface area contributed by atoms with Crippen LogP contribution in [0.3, 0.4) is 0 Å². The third-order valence-corrected chi connectivity index (χ3v) is 6.42. The third kappa shape index (κ3) is 3.21. The number of allylic oxidation sites excluding steroid dienone is 2. The second kappa shape index (κ2) is 7.40. The number of nitrogens with one attached hydrogen (secondary N) is 1. The van der Waals surface area contributed by atoms with Crippen LogP contribution in [-0.2, 0) is 23.9 Å². The Morgan fingerprint density at radius 1 is 1.21 bits per heavy atom. The van der Waals surface area contributed by atoms with Gasteiger partial charge in [-0.15, -0.1) is 11.8 Å². The monoisotopic (exact) mass is 414 g/mol. The summed E-state index contributed by atoms with van der Waals surface area (Å²) in [6.45, 7) is 1.42. The zero-order chi connectivity index (χ0) is 20.7. The number of fused-ring (bicyclic) bond motifs is 2. The summed E-state index contributed by atoms with van der Waals surface area (Å²) in [5.74, 6) is -1.14. The minimum Gasteiger partial charge on any atom is -0.484 e. The molecule has 0 bridgehead atoms. The molecule has 1 aliphatic carbocycles. The molecule has 0 aromatic heterocycles. The van der Waals surface area contributed by atoms with Gasteiger partial charge in [-0.3, -0.25) is 19.3 Å². The predicted molar refractivity (Wildman–Crippen MR) is 104 cm³/mol. The average molecular weight is 414 g/mol. The molecule has 1 aromatic rings. The van der Waals surface area contributed by atoms with Gasteiger partial charge in [0.15, 0.2) is 12.4 Å². The van der Waals surface area contributed by atoms with Gasteiger partial charge in [0, 0.05) is 5.57 Å². The molecule has 3 aliphatic rings. The van der Waals surface area contributed by atoms with Crippen LogP contribution in [0.2, 0.25) is 0 Å². The molecule has 1 fully saturated rings. The van der Waals surface area contributed by atoms with Gasteiger partial charge in [0.1, 0.15) is 22.9 Å². The SMILES string of the molecule is COC(=O)C1=C2C=C(C)C(=O)[C@@H]2S[C@@H]2[C@H](NC(=O)COc3ccccc3)C(=O)N12. The normalized spacial score (nSPS) is 25.0. The molecule has 0 saturated carbocycles. The summed E-state index contributed by atoms with van der Waals surface area (Å²) < 4.78 is 10.2. The summed E-state index contributed by atoms with van der Waals surface area (Å²) in [5, 5.41) is 1.49. The number of thioether (sulfide) groups is 1. The van der Waals surface area contributed by atoms with E-state index in [1.807, 2.05) is 6.07 Å². The van der Waals surface area contributed by atoms with Gasteiger partial charge in [0.05, 0.1) is 12.4 Å². The van der Waals surface area contributed by atoms with Crippen LogP contribution in [0.1, 0.15) is 6.92 Å². The first-order valence-electron chi connectivity index (χ1n) is 8.93. The molecule has 3 atom stereocenters. The molecule has 1 N–H and O–H groups in total. The number of ketones is 1. The lowest BCUT2D eigenvalue weighted by molar-refractivity contribution is -0.152. The van der Waals surface area contributed by atoms with Crippen molar-refractivity contribution in [3.8, 4) is 5.75 Å². The van der Waals surface area contributed by atoms with Crippen LogP contribution in [0, 0.1) is 0 Å². The van der Waals surface area contributed by atoms with E-state index in [1.54, 1.807) is 37.3 Å². The Bertz CT molecular complexity index is 970. The van der Waals surface area contributed by atoms with Crippen LogP contribution in [0.4, 0.5) is 0 Å². The third-order valence-electron chi connectivity index (χ3n) is 4.92. The largest absolute Gasteiger partial charge is 0.484 e. The van der Waals surface area contributed by atoms with Crippen molar-refractivity contribution >= 4 is 35.3 Å². The number of Topliss-reactive ketones (excluding diaryl/α,β-unsaturated/α-hetero) is 1. The van der Waals surface area contributed by atoms with Crippen LogP contribution in [0.25, 0.3) is 0 Å². The zero-order valence-corrected chi connectivity index (χ0v) is 16.5. The van der Waals surface area contributed by atoms with Crippen molar-refractivity contribution in [1.82, 2.24) is 10.2 Å². The molecule has 0 spiro atoms. The summed E-state index contributed by atoms with van der Waals surface area (Å²) in [4.78, 5) is 51.0. The fraction of sp³-hybridized carbons (Fsp3) is 0.300. The van der Waals surface area contributed by atoms with Crippen molar-refractivity contribution in [3.05, 3.63) is 53.3 Å². The Labute approximate surface area is 170 Å². The Balaban J connectivity index is 1.49. The van der Waals surface area contributed by atoms with Gasteiger partial charge >= 0.3 is 5.97 Å². The molecule has 1 aromatic carbocycles. The topological polar surface area (TPSA) is 102 Å². The fourth-order valence-corrected chi connectivity index (χ4v) is 5.09. The lowest BCUT2D eigenvalue weighted by atomic mass is 10.0. The predicted octanol–water partition coefficient (Wildman–Crippen LogP) is 0.790. The summed E-state index contributed by atoms with van der Waals surface area (Å²) >= 11 is 1.25. The Morgan fingerprint density at radius 3 is 2.62 bits per heavy atom. The molecule has 29 heavy (non-hydrogen) atoms. The number of benzene rings is 1. The average Bonchev–Trinajstić information content (AvgIpc) is 3.02. The van der Waals surface area contributed by atoms with Crippen LogP contribution in [0.15, 0.2) is 53.3 Å². The molecule has 8 nitrogen and oxygen atoms in total. The summed E-state index contributed by atoms with van der Waals surface area (Å²) in [5.41, 5.74) is 1.07. The van der Waals surface area contributed by atoms with Gasteiger partial charge in [-0.25, -0.2) is 4.79 Å². The molecule has 0 radical (unpaired) electrons. The maximum Gasteiger partial charge on any atom is 0.355 e. The van der Waals surface area contributed by atoms with Crippen LogP contribution < -0.4 is 10.1 Å². The number of esters is 1. The van der Waals surface area contributed by atoms with Gasteiger partial charge in [-0.2, -0.15) is 0 Å². The Hall–Kier alpha value is -3.07. The maximum atomic E-state index is 12.7. The number of ether oxygens (including phenoxy) is 2. The van der Waals surface area contributed by atoms with E-state index in [1.165, 1.54) is 23.8 Å². The minimum absolute atomic E-state index is 0.0717. The van der Waals surface area contributed by atoms with Crippen molar-refractivity contribution in [3.63, 3.8) is 0 Å². The van der Waals surface area contributed by atoms with E-state index in [4.69, 9.17) is 9.47 Å². The van der Waals surface area contributed by atoms with Gasteiger partial charge < -0.3 is 14.8 Å². The van der Waals surface area contributed by atoms with Gasteiger partial charge in [0.25, 0.3) is 11.8 Å². The van der Waals surface area contributed by atoms with Crippen LogP contribution in [-0.4, -0.2) is 58.8 Å². The minimum atomic E-state index is -0.846. The van der Waals surface area contributed by atoms with E-state index in [0.717, 1.165) is 0 Å². The van der Waals surface area contributed by atoms with Crippen LogP contribution in [0.5, 0.6) is 5.75 Å². The van der Waals surface area contributed by atoms with Crippen molar-refractivity contribution < 1.29 is 28.7 Å². The zero-order valence-electron chi connectivity index (χ0n) is 15.7. The molecule has 2 aliphatic heterocycles. The van der Waals surface area contributed by atoms with Crippen molar-refractivity contribution in [2.75, 3.05) is 13.7 Å². The number of hydrogen-bond acceptors (Lipinski definition) is 7. The highest BCUT2D eigenvalue weighted by Gasteiger charge is 2.58. The van der Waals surface area contributed by atoms with E-state index < -0.39 is 34.4 Å². The van der Waals surface area contributed by atoms with E-state index in [2.05, 4.69) is 5.32 Å². The molecular weight excluding hydrogens is 396 g/mol. The highest BCUT2D eigenvalue weighted by molar-refractivity contribution is 8.01. The lowest BCUT2D eigenvalue weighted by Crippen LogP contribution is -2.71. The second-order valence-corrected chi connectivity index (χ2v) is 7.98. The quantitative estimate of drug-likeness (QED) is 0.561. The molecule has 2 heterocycles. The lowest BCUT2D eigenvalue weighted by Gasteiger charge is -2.50. The van der Waals surface area contributed by atoms with E-state index in [9.17, 15) is 19.2 Å². The van der Waals surface area contributed by atoms with Crippen molar-refractivity contribution in [2.24, 2.45) is 0 Å². The highest BCUT2D eigenvalue weighted by atomic mass is 32.2. The number of amides is 2. The number of carbonyl (C=O) groups excluding carboxylic acids is 4. The van der Waals surface area contributed by atoms with E-state index >= 15 is 0 Å². The number of β-lactam (4-membered cyclic amide) rings is 1. The van der Waals surface area contributed by atoms with E-state index in [0.29, 0.717) is 16.9 Å². The first kappa shape index (κ1) is 19.3. The number of rotatable bonds is 5. The number of hydrogen-bond donors (Lipinski definition) is 1. The molecule has 2 amide bonds. The first-order valence-corrected chi connectivity index (χ1v) is 9.87. The Morgan fingerprint density at radius 2 is 1.93 bits per heavy atom. The smallest absolute Gasteiger partial charge is 0.355 e. The highest BCUT2D eigenvalue weighted by Crippen LogP contribution is 2.48. The van der Waals surface area contributed by atoms with E-state index in [-0.39, 0.29) is 18.1 Å². The molecule has 0 unspecified atom stereocenters. The molecule has 9 heteroatoms.